The van der Waals surface area contributed by atoms with Crippen LogP contribution in [0.2, 0.25) is 5.02 Å². The van der Waals surface area contributed by atoms with E-state index in [0.717, 1.165) is 0 Å². The van der Waals surface area contributed by atoms with Crippen molar-refractivity contribution < 1.29 is 26.4 Å². The maximum atomic E-state index is 12.4. The number of halogens is 1. The second-order valence-electron chi connectivity index (χ2n) is 5.23. The van der Waals surface area contributed by atoms with Crippen LogP contribution in [0.25, 0.3) is 0 Å². The van der Waals surface area contributed by atoms with Gasteiger partial charge in [-0.25, -0.2) is 26.4 Å². The first-order chi connectivity index (χ1) is 11.1. The molecule has 2 rings (SSSR count). The number of benzene rings is 1. The topological polar surface area (TPSA) is 119 Å². The van der Waals surface area contributed by atoms with Gasteiger partial charge in [-0.1, -0.05) is 11.6 Å². The molecule has 2 N–H and O–H groups in total. The predicted molar refractivity (Wildman–Crippen MR) is 88.2 cm³/mol. The number of rotatable bonds is 5. The third kappa shape index (κ3) is 4.82. The van der Waals surface area contributed by atoms with Gasteiger partial charge in [0, 0.05) is 5.02 Å². The van der Waals surface area contributed by atoms with Gasteiger partial charge >= 0.3 is 6.09 Å². The monoisotopic (exact) mass is 396 g/mol. The summed E-state index contributed by atoms with van der Waals surface area (Å²) in [5.41, 5.74) is 0. The van der Waals surface area contributed by atoms with Gasteiger partial charge in [0.25, 0.3) is 0 Å². The zero-order valence-corrected chi connectivity index (χ0v) is 15.1. The van der Waals surface area contributed by atoms with Crippen LogP contribution in [0, 0.1) is 0 Å². The third-order valence-electron chi connectivity index (χ3n) is 3.36. The number of nitrogens with one attached hydrogen (secondary N) is 2. The van der Waals surface area contributed by atoms with Crippen LogP contribution in [0.15, 0.2) is 29.2 Å². The van der Waals surface area contributed by atoms with Crippen LogP contribution in [-0.2, 0) is 24.6 Å². The molecule has 1 aliphatic rings. The Kier molecular flexibility index (Phi) is 5.74. The molecule has 1 amide bonds. The summed E-state index contributed by atoms with van der Waals surface area (Å²) in [6, 6.07) is 3.55. The fraction of sp³-hybridized carbons (Fsp3) is 0.462. The first kappa shape index (κ1) is 19.0. The maximum absolute atomic E-state index is 12.4. The summed E-state index contributed by atoms with van der Waals surface area (Å²) < 4.78 is 55.4. The first-order valence-corrected chi connectivity index (χ1v) is 10.7. The SMILES string of the molecule is CCOC(=O)N[C@@H]1CS(=O)(=O)C[C@@H]1NS(=O)(=O)c1ccc(Cl)cc1. The van der Waals surface area contributed by atoms with Crippen LogP contribution in [0.1, 0.15) is 6.92 Å². The van der Waals surface area contributed by atoms with Crippen molar-refractivity contribution in [2.24, 2.45) is 0 Å². The Morgan fingerprint density at radius 3 is 2.42 bits per heavy atom. The third-order valence-corrected chi connectivity index (χ3v) is 6.85. The van der Waals surface area contributed by atoms with E-state index in [2.05, 4.69) is 10.0 Å². The van der Waals surface area contributed by atoms with Crippen molar-refractivity contribution >= 4 is 37.6 Å². The molecular weight excluding hydrogens is 380 g/mol. The predicted octanol–water partition coefficient (Wildman–Crippen LogP) is 0.530. The Hall–Kier alpha value is -1.36. The van der Waals surface area contributed by atoms with Gasteiger partial charge in [0.15, 0.2) is 9.84 Å². The average Bonchev–Trinajstić information content (AvgIpc) is 2.72. The Balaban J connectivity index is 2.18. The Bertz CT molecular complexity index is 807. The molecule has 134 valence electrons. The number of sulfone groups is 1. The molecule has 2 atom stereocenters. The average molecular weight is 397 g/mol. The van der Waals surface area contributed by atoms with Crippen LogP contribution in [0.3, 0.4) is 0 Å². The molecule has 11 heteroatoms. The molecule has 0 saturated carbocycles. The molecule has 0 aromatic heterocycles. The van der Waals surface area contributed by atoms with Crippen LogP contribution in [-0.4, -0.2) is 53.1 Å². The van der Waals surface area contributed by atoms with E-state index in [1.807, 2.05) is 0 Å². The van der Waals surface area contributed by atoms with Crippen LogP contribution in [0.5, 0.6) is 0 Å². The number of carbonyl (C=O) groups excluding carboxylic acids is 1. The van der Waals surface area contributed by atoms with E-state index >= 15 is 0 Å². The highest BCUT2D eigenvalue weighted by molar-refractivity contribution is 7.92. The van der Waals surface area contributed by atoms with Crippen LogP contribution >= 0.6 is 11.6 Å². The smallest absolute Gasteiger partial charge is 0.407 e. The number of amides is 1. The van der Waals surface area contributed by atoms with Gasteiger partial charge < -0.3 is 10.1 Å². The summed E-state index contributed by atoms with van der Waals surface area (Å²) >= 11 is 5.72. The minimum absolute atomic E-state index is 0.0499. The Labute approximate surface area is 145 Å². The van der Waals surface area contributed by atoms with Crippen molar-refractivity contribution in [2.75, 3.05) is 18.1 Å². The number of ether oxygens (including phenoxy) is 1. The molecule has 1 heterocycles. The number of hydrogen-bond donors (Lipinski definition) is 2. The van der Waals surface area contributed by atoms with Crippen molar-refractivity contribution in [2.45, 2.75) is 23.9 Å². The fourth-order valence-corrected chi connectivity index (χ4v) is 5.68. The highest BCUT2D eigenvalue weighted by Crippen LogP contribution is 2.18. The highest BCUT2D eigenvalue weighted by atomic mass is 35.5. The number of hydrogen-bond acceptors (Lipinski definition) is 6. The molecule has 1 aromatic rings. The molecular formula is C13H17ClN2O6S2. The van der Waals surface area contributed by atoms with E-state index in [-0.39, 0.29) is 17.3 Å². The molecule has 0 spiro atoms. The van der Waals surface area contributed by atoms with Crippen LogP contribution in [0.4, 0.5) is 4.79 Å². The van der Waals surface area contributed by atoms with Crippen molar-refractivity contribution in [3.05, 3.63) is 29.3 Å². The van der Waals surface area contributed by atoms with E-state index in [4.69, 9.17) is 16.3 Å². The highest BCUT2D eigenvalue weighted by Gasteiger charge is 2.41. The molecule has 1 aromatic carbocycles. The van der Waals surface area contributed by atoms with Crippen molar-refractivity contribution in [3.63, 3.8) is 0 Å². The molecule has 0 bridgehead atoms. The van der Waals surface area contributed by atoms with Gasteiger partial charge in [-0.3, -0.25) is 0 Å². The van der Waals surface area contributed by atoms with Crippen molar-refractivity contribution in [3.8, 4) is 0 Å². The molecule has 1 aliphatic heterocycles. The molecule has 8 nitrogen and oxygen atoms in total. The number of sulfonamides is 1. The summed E-state index contributed by atoms with van der Waals surface area (Å²) in [5.74, 6) is -0.767. The van der Waals surface area contributed by atoms with Gasteiger partial charge in [0.1, 0.15) is 0 Å². The summed E-state index contributed by atoms with van der Waals surface area (Å²) in [5, 5.41) is 2.75. The molecule has 1 saturated heterocycles. The fourth-order valence-electron chi connectivity index (χ4n) is 2.31. The van der Waals surface area contributed by atoms with Gasteiger partial charge in [-0.15, -0.1) is 0 Å². The van der Waals surface area contributed by atoms with Gasteiger partial charge in [0.2, 0.25) is 10.0 Å². The van der Waals surface area contributed by atoms with E-state index in [1.54, 1.807) is 6.92 Å². The zero-order valence-electron chi connectivity index (χ0n) is 12.7. The first-order valence-electron chi connectivity index (χ1n) is 7.04. The Morgan fingerprint density at radius 2 is 1.83 bits per heavy atom. The zero-order chi connectivity index (χ0) is 18.0. The van der Waals surface area contributed by atoms with E-state index in [0.29, 0.717) is 5.02 Å². The van der Waals surface area contributed by atoms with E-state index in [1.165, 1.54) is 24.3 Å². The van der Waals surface area contributed by atoms with Gasteiger partial charge in [-0.2, -0.15) is 0 Å². The summed E-state index contributed by atoms with van der Waals surface area (Å²) in [6.45, 7) is 1.72. The second kappa shape index (κ2) is 7.26. The molecule has 0 radical (unpaired) electrons. The Morgan fingerprint density at radius 1 is 1.25 bits per heavy atom. The van der Waals surface area contributed by atoms with E-state index in [9.17, 15) is 21.6 Å². The van der Waals surface area contributed by atoms with Gasteiger partial charge in [-0.05, 0) is 31.2 Å². The minimum Gasteiger partial charge on any atom is -0.450 e. The lowest BCUT2D eigenvalue weighted by atomic mass is 10.2. The lowest BCUT2D eigenvalue weighted by Gasteiger charge is -2.20. The van der Waals surface area contributed by atoms with Gasteiger partial charge in [0.05, 0.1) is 35.1 Å². The standard InChI is InChI=1S/C13H17ClN2O6S2/c1-2-22-13(17)15-11-7-23(18,19)8-12(11)16-24(20,21)10-5-3-9(14)4-6-10/h3-6,11-12,16H,2,7-8H2,1H3,(H,15,17)/t11-,12+/m1/s1. The largest absolute Gasteiger partial charge is 0.450 e. The molecule has 24 heavy (non-hydrogen) atoms. The quantitative estimate of drug-likeness (QED) is 0.749. The maximum Gasteiger partial charge on any atom is 0.407 e. The summed E-state index contributed by atoms with van der Waals surface area (Å²) in [7, 11) is -7.44. The van der Waals surface area contributed by atoms with Crippen molar-refractivity contribution in [1.82, 2.24) is 10.0 Å². The molecule has 0 aliphatic carbocycles. The normalized spacial score (nSPS) is 22.9. The molecule has 0 unspecified atom stereocenters. The lowest BCUT2D eigenvalue weighted by Crippen LogP contribution is -2.50. The van der Waals surface area contributed by atoms with E-state index < -0.39 is 43.8 Å². The lowest BCUT2D eigenvalue weighted by molar-refractivity contribution is 0.148. The minimum atomic E-state index is -3.96. The molecule has 1 fully saturated rings. The van der Waals surface area contributed by atoms with Crippen molar-refractivity contribution in [1.29, 1.82) is 0 Å². The van der Waals surface area contributed by atoms with Crippen LogP contribution < -0.4 is 10.0 Å². The number of carbonyl (C=O) groups is 1. The number of alkyl carbamates (subject to hydrolysis) is 1. The summed E-state index contributed by atoms with van der Waals surface area (Å²) in [4.78, 5) is 11.5. The second-order valence-corrected chi connectivity index (χ2v) is 9.53. The summed E-state index contributed by atoms with van der Waals surface area (Å²) in [6.07, 6.45) is -0.796.